The molecule has 31 heavy (non-hydrogen) atoms. The summed E-state index contributed by atoms with van der Waals surface area (Å²) in [5.41, 5.74) is 0.902. The van der Waals surface area contributed by atoms with E-state index in [2.05, 4.69) is 16.9 Å². The highest BCUT2D eigenvalue weighted by Crippen LogP contribution is 2.44. The van der Waals surface area contributed by atoms with Gasteiger partial charge in [-0.2, -0.15) is 0 Å². The van der Waals surface area contributed by atoms with Crippen LogP contribution in [0.3, 0.4) is 0 Å². The van der Waals surface area contributed by atoms with Crippen molar-refractivity contribution in [1.29, 1.82) is 0 Å². The second-order valence-corrected chi connectivity index (χ2v) is 8.02. The summed E-state index contributed by atoms with van der Waals surface area (Å²) in [7, 11) is -1.25. The van der Waals surface area contributed by atoms with Gasteiger partial charge < -0.3 is 9.47 Å². The lowest BCUT2D eigenvalue weighted by atomic mass is 9.71. The summed E-state index contributed by atoms with van der Waals surface area (Å²) in [6.07, 6.45) is 4.65. The average Bonchev–Trinajstić information content (AvgIpc) is 2.81. The number of methoxy groups -OCH3 is 2. The van der Waals surface area contributed by atoms with E-state index in [1.807, 2.05) is 0 Å². The van der Waals surface area contributed by atoms with Crippen molar-refractivity contribution < 1.29 is 27.2 Å². The van der Waals surface area contributed by atoms with Gasteiger partial charge in [-0.15, -0.1) is 0 Å². The van der Waals surface area contributed by atoms with Crippen molar-refractivity contribution in [3.8, 4) is 11.8 Å². The molecule has 0 saturated heterocycles. The second kappa shape index (κ2) is 10.6. The Morgan fingerprint density at radius 2 is 1.97 bits per heavy atom. The van der Waals surface area contributed by atoms with Crippen LogP contribution in [0.1, 0.15) is 83.4 Å². The fourth-order valence-corrected chi connectivity index (χ4v) is 4.71. The molecule has 2 aromatic heterocycles. The van der Waals surface area contributed by atoms with Crippen molar-refractivity contribution in [2.45, 2.75) is 57.8 Å². The van der Waals surface area contributed by atoms with Gasteiger partial charge in [0.25, 0.3) is 6.43 Å². The van der Waals surface area contributed by atoms with Gasteiger partial charge in [0, 0.05) is 30.4 Å². The third-order valence-electron chi connectivity index (χ3n) is 6.41. The number of carbonyl (C=O) groups excluding carboxylic acids is 1. The molecule has 1 aliphatic carbocycles. The summed E-state index contributed by atoms with van der Waals surface area (Å²) in [6.45, 7) is 2.05. The van der Waals surface area contributed by atoms with Gasteiger partial charge in [-0.1, -0.05) is 13.3 Å². The molecule has 0 radical (unpaired) electrons. The molecule has 1 unspecified atom stereocenters. The fraction of sp³-hybridized carbons (Fsp3) is 0.542. The number of aromatic nitrogens is 2. The van der Waals surface area contributed by atoms with Crippen LogP contribution in [0.2, 0.25) is 0 Å². The van der Waals surface area contributed by atoms with E-state index in [1.54, 1.807) is 6.07 Å². The van der Waals surface area contributed by atoms with Crippen LogP contribution < -0.4 is 9.47 Å². The normalized spacial score (nSPS) is 21.6. The quantitative estimate of drug-likeness (QED) is 0.452. The summed E-state index contributed by atoms with van der Waals surface area (Å²) in [5, 5.41) is 0. The maximum absolute atomic E-state index is 13.7. The largest absolute Gasteiger partial charge is 0.481 e. The smallest absolute Gasteiger partial charge is 0.269 e. The minimum atomic E-state index is -2.65. The molecule has 0 amide bonds. The Balaban J connectivity index is 1.62. The number of hydrogen-bond acceptors (Lipinski definition) is 5. The van der Waals surface area contributed by atoms with Crippen LogP contribution in [0, 0.1) is 11.8 Å². The molecule has 0 spiro atoms. The number of carbonyl (C=O) groups is 1. The molecular formula is C24H30F2N2O3. The Hall–Kier alpha value is -2.57. The monoisotopic (exact) mass is 435 g/mol. The highest BCUT2D eigenvalue weighted by atomic mass is 19.3. The van der Waals surface area contributed by atoms with Crippen LogP contribution in [-0.2, 0) is 0 Å². The third kappa shape index (κ3) is 5.38. The Morgan fingerprint density at radius 1 is 1.19 bits per heavy atom. The second-order valence-electron chi connectivity index (χ2n) is 8.02. The maximum atomic E-state index is 13.7. The predicted octanol–water partition coefficient (Wildman–Crippen LogP) is 6.00. The molecule has 1 aliphatic rings. The van der Waals surface area contributed by atoms with E-state index in [0.717, 1.165) is 32.1 Å². The van der Waals surface area contributed by atoms with Crippen LogP contribution in [-0.4, -0.2) is 29.9 Å². The first-order valence-corrected chi connectivity index (χ1v) is 10.6. The summed E-state index contributed by atoms with van der Waals surface area (Å²) in [6, 6.07) is 4.58. The number of halogens is 2. The lowest BCUT2D eigenvalue weighted by molar-refractivity contribution is 0.0924. The molecule has 2 heterocycles. The van der Waals surface area contributed by atoms with Crippen molar-refractivity contribution in [3.63, 3.8) is 0 Å². The SMILES string of the molecule is [2H]C([2H])([2H])Oc1ccc(C(=O)CC(CC)C2CCC(c3ccnc(OC)c3C(F)F)CC2)cn1. The van der Waals surface area contributed by atoms with Crippen LogP contribution in [0.4, 0.5) is 8.78 Å². The van der Waals surface area contributed by atoms with E-state index in [0.29, 0.717) is 23.5 Å². The zero-order valence-electron chi connectivity index (χ0n) is 20.8. The van der Waals surface area contributed by atoms with Gasteiger partial charge in [-0.3, -0.25) is 4.79 Å². The lowest BCUT2D eigenvalue weighted by Crippen LogP contribution is -2.23. The molecule has 2 aromatic rings. The van der Waals surface area contributed by atoms with Gasteiger partial charge in [0.1, 0.15) is 0 Å². The molecule has 1 saturated carbocycles. The van der Waals surface area contributed by atoms with Gasteiger partial charge in [0.05, 0.1) is 23.8 Å². The van der Waals surface area contributed by atoms with Gasteiger partial charge in [-0.25, -0.2) is 18.7 Å². The van der Waals surface area contributed by atoms with Gasteiger partial charge in [0.2, 0.25) is 11.8 Å². The van der Waals surface area contributed by atoms with E-state index in [9.17, 15) is 13.6 Å². The predicted molar refractivity (Wildman–Crippen MR) is 114 cm³/mol. The fourth-order valence-electron chi connectivity index (χ4n) is 4.71. The summed E-state index contributed by atoms with van der Waals surface area (Å²) in [4.78, 5) is 20.7. The molecular weight excluding hydrogens is 402 g/mol. The zero-order valence-corrected chi connectivity index (χ0v) is 17.8. The number of rotatable bonds is 9. The highest BCUT2D eigenvalue weighted by Gasteiger charge is 2.32. The highest BCUT2D eigenvalue weighted by molar-refractivity contribution is 5.95. The number of pyridine rings is 2. The molecule has 0 bridgehead atoms. The Bertz CT molecular complexity index is 963. The number of Topliss-reactive ketones (excluding diaryl/α,β-unsaturated/α-hetero) is 1. The number of hydrogen-bond donors (Lipinski definition) is 0. The topological polar surface area (TPSA) is 61.3 Å². The van der Waals surface area contributed by atoms with Crippen molar-refractivity contribution in [1.82, 2.24) is 9.97 Å². The molecule has 1 fully saturated rings. The first-order valence-electron chi connectivity index (χ1n) is 12.1. The number of ether oxygens (including phenoxy) is 2. The van der Waals surface area contributed by atoms with Crippen LogP contribution >= 0.6 is 0 Å². The minimum absolute atomic E-state index is 0.0142. The standard InChI is InChI=1S/C24H30F2N2O3/c1-4-15(13-20(29)18-9-10-21(30-2)28-14-18)16-5-7-17(8-6-16)19-11-12-27-24(31-3)22(19)23(25)26/h9-12,14-17,23H,4-8,13H2,1-3H3/i2D3. The van der Waals surface area contributed by atoms with E-state index < -0.39 is 13.5 Å². The molecule has 3 rings (SSSR count). The summed E-state index contributed by atoms with van der Waals surface area (Å²) < 4.78 is 58.6. The zero-order chi connectivity index (χ0) is 24.9. The minimum Gasteiger partial charge on any atom is -0.481 e. The molecule has 0 N–H and O–H groups in total. The van der Waals surface area contributed by atoms with Gasteiger partial charge in [-0.05, 0) is 61.1 Å². The Kier molecular flexibility index (Phi) is 6.57. The Labute approximate surface area is 186 Å². The lowest BCUT2D eigenvalue weighted by Gasteiger charge is -2.34. The number of nitrogens with zero attached hydrogens (tertiary/aromatic N) is 2. The molecule has 168 valence electrons. The first-order chi connectivity index (χ1) is 16.1. The number of alkyl halides is 2. The van der Waals surface area contributed by atoms with Crippen LogP contribution in [0.15, 0.2) is 30.6 Å². The molecule has 0 aliphatic heterocycles. The molecule has 7 heteroatoms. The van der Waals surface area contributed by atoms with E-state index in [4.69, 9.17) is 13.6 Å². The van der Waals surface area contributed by atoms with Gasteiger partial charge >= 0.3 is 0 Å². The summed E-state index contributed by atoms with van der Waals surface area (Å²) >= 11 is 0. The molecule has 1 atom stereocenters. The van der Waals surface area contributed by atoms with Gasteiger partial charge in [0.15, 0.2) is 5.78 Å². The van der Waals surface area contributed by atoms with Crippen molar-refractivity contribution in [2.75, 3.05) is 14.1 Å². The third-order valence-corrected chi connectivity index (χ3v) is 6.41. The molecule has 5 nitrogen and oxygen atoms in total. The van der Waals surface area contributed by atoms with Crippen molar-refractivity contribution in [3.05, 3.63) is 47.3 Å². The van der Waals surface area contributed by atoms with Crippen molar-refractivity contribution >= 4 is 5.78 Å². The average molecular weight is 436 g/mol. The first kappa shape index (κ1) is 19.1. The number of ketones is 1. The maximum Gasteiger partial charge on any atom is 0.269 e. The van der Waals surface area contributed by atoms with Crippen LogP contribution in [0.5, 0.6) is 11.8 Å². The van der Waals surface area contributed by atoms with E-state index in [1.165, 1.54) is 31.6 Å². The summed E-state index contributed by atoms with van der Waals surface area (Å²) in [5.74, 6) is 0.387. The van der Waals surface area contributed by atoms with Crippen molar-refractivity contribution in [2.24, 2.45) is 11.8 Å². The van der Waals surface area contributed by atoms with Crippen LogP contribution in [0.25, 0.3) is 0 Å². The Morgan fingerprint density at radius 3 is 2.55 bits per heavy atom. The van der Waals surface area contributed by atoms with E-state index in [-0.39, 0.29) is 34.9 Å². The molecule has 0 aromatic carbocycles. The van der Waals surface area contributed by atoms with E-state index >= 15 is 0 Å².